The molecule has 0 atom stereocenters. The van der Waals surface area contributed by atoms with E-state index in [0.29, 0.717) is 17.9 Å². The normalized spacial score (nSPS) is 10.7. The number of rotatable bonds is 6. The predicted molar refractivity (Wildman–Crippen MR) is 85.6 cm³/mol. The second-order valence-electron chi connectivity index (χ2n) is 4.42. The van der Waals surface area contributed by atoms with Crippen LogP contribution >= 0.6 is 0 Å². The van der Waals surface area contributed by atoms with Crippen LogP contribution in [0.15, 0.2) is 65.5 Å². The first kappa shape index (κ1) is 15.4. The maximum absolute atomic E-state index is 12.5. The van der Waals surface area contributed by atoms with Gasteiger partial charge in [-0.2, -0.15) is 0 Å². The number of hydrogen-bond acceptors (Lipinski definition) is 3. The van der Waals surface area contributed by atoms with Crippen LogP contribution in [0.1, 0.15) is 22.8 Å². The number of allylic oxidation sites excluding steroid dienone is 1. The fourth-order valence-electron chi connectivity index (χ4n) is 1.90. The van der Waals surface area contributed by atoms with Crippen molar-refractivity contribution in [2.75, 3.05) is 6.61 Å². The van der Waals surface area contributed by atoms with Gasteiger partial charge in [0.2, 0.25) is 5.78 Å². The highest BCUT2D eigenvalue weighted by Gasteiger charge is 2.13. The Morgan fingerprint density at radius 2 is 1.86 bits per heavy atom. The average molecular weight is 293 g/mol. The number of hydrogen-bond donors (Lipinski definition) is 0. The van der Waals surface area contributed by atoms with E-state index in [1.807, 2.05) is 37.3 Å². The van der Waals surface area contributed by atoms with Crippen molar-refractivity contribution in [3.05, 3.63) is 81.9 Å². The number of Topliss-reactive ketones (excluding diaryl/α,β-unsaturated/α-hetero) is 1. The molecule has 5 nitrogen and oxygen atoms in total. The van der Waals surface area contributed by atoms with Crippen LogP contribution in [0, 0.1) is 0 Å². The SMILES string of the molecule is CCOC(=Cc1ccccc1)C(=O)c1ccc(N=[N+]=[N-])cc1. The van der Waals surface area contributed by atoms with E-state index in [0.717, 1.165) is 5.56 Å². The number of carbonyl (C=O) groups excluding carboxylic acids is 1. The summed E-state index contributed by atoms with van der Waals surface area (Å²) >= 11 is 0. The van der Waals surface area contributed by atoms with E-state index in [1.165, 1.54) is 0 Å². The number of ether oxygens (including phenoxy) is 1. The fourth-order valence-corrected chi connectivity index (χ4v) is 1.90. The van der Waals surface area contributed by atoms with Crippen LogP contribution in [0.2, 0.25) is 0 Å². The molecule has 0 aliphatic carbocycles. The summed E-state index contributed by atoms with van der Waals surface area (Å²) in [7, 11) is 0. The van der Waals surface area contributed by atoms with Crippen molar-refractivity contribution in [1.82, 2.24) is 0 Å². The van der Waals surface area contributed by atoms with Gasteiger partial charge in [0.05, 0.1) is 6.61 Å². The number of azide groups is 1. The molecule has 2 aromatic rings. The number of ketones is 1. The molecule has 5 heteroatoms. The van der Waals surface area contributed by atoms with Crippen LogP contribution in [0.25, 0.3) is 16.5 Å². The topological polar surface area (TPSA) is 75.1 Å². The van der Waals surface area contributed by atoms with Gasteiger partial charge in [0, 0.05) is 16.2 Å². The molecule has 110 valence electrons. The van der Waals surface area contributed by atoms with Gasteiger partial charge in [-0.05, 0) is 24.1 Å². The first-order chi connectivity index (χ1) is 10.7. The Morgan fingerprint density at radius 3 is 2.45 bits per heavy atom. The lowest BCUT2D eigenvalue weighted by atomic mass is 10.1. The monoisotopic (exact) mass is 293 g/mol. The molecule has 0 N–H and O–H groups in total. The van der Waals surface area contributed by atoms with Crippen LogP contribution in [0.3, 0.4) is 0 Å². The van der Waals surface area contributed by atoms with Gasteiger partial charge in [-0.3, -0.25) is 4.79 Å². The van der Waals surface area contributed by atoms with Crippen molar-refractivity contribution in [2.24, 2.45) is 5.11 Å². The van der Waals surface area contributed by atoms with Crippen LogP contribution in [0.5, 0.6) is 0 Å². The summed E-state index contributed by atoms with van der Waals surface area (Å²) in [6.07, 6.45) is 1.72. The lowest BCUT2D eigenvalue weighted by Crippen LogP contribution is -2.07. The van der Waals surface area contributed by atoms with Crippen molar-refractivity contribution in [2.45, 2.75) is 6.92 Å². The first-order valence-corrected chi connectivity index (χ1v) is 6.84. The third-order valence-corrected chi connectivity index (χ3v) is 2.91. The summed E-state index contributed by atoms with van der Waals surface area (Å²) in [4.78, 5) is 15.2. The van der Waals surface area contributed by atoms with E-state index in [1.54, 1.807) is 30.3 Å². The van der Waals surface area contributed by atoms with Gasteiger partial charge in [-0.15, -0.1) is 0 Å². The minimum atomic E-state index is -0.210. The van der Waals surface area contributed by atoms with Crippen LogP contribution in [-0.4, -0.2) is 12.4 Å². The van der Waals surface area contributed by atoms with Crippen LogP contribution in [0.4, 0.5) is 5.69 Å². The Morgan fingerprint density at radius 1 is 1.18 bits per heavy atom. The number of benzene rings is 2. The van der Waals surface area contributed by atoms with Gasteiger partial charge in [0.25, 0.3) is 0 Å². The third-order valence-electron chi connectivity index (χ3n) is 2.91. The summed E-state index contributed by atoms with van der Waals surface area (Å²) in [6.45, 7) is 2.23. The Balaban J connectivity index is 2.30. The molecule has 2 rings (SSSR count). The van der Waals surface area contributed by atoms with E-state index in [9.17, 15) is 4.79 Å². The van der Waals surface area contributed by atoms with Gasteiger partial charge in [0.1, 0.15) is 0 Å². The minimum Gasteiger partial charge on any atom is -0.490 e. The van der Waals surface area contributed by atoms with E-state index in [2.05, 4.69) is 10.0 Å². The van der Waals surface area contributed by atoms with Gasteiger partial charge in [-0.25, -0.2) is 0 Å². The second-order valence-corrected chi connectivity index (χ2v) is 4.42. The highest BCUT2D eigenvalue weighted by Crippen LogP contribution is 2.18. The Bertz CT molecular complexity index is 715. The number of carbonyl (C=O) groups is 1. The van der Waals surface area contributed by atoms with E-state index < -0.39 is 0 Å². The number of nitrogens with zero attached hydrogens (tertiary/aromatic N) is 3. The quantitative estimate of drug-likeness (QED) is 0.190. The Kier molecular flexibility index (Phi) is 5.35. The molecule has 0 aromatic heterocycles. The van der Waals surface area contributed by atoms with Gasteiger partial charge in [-0.1, -0.05) is 59.7 Å². The van der Waals surface area contributed by atoms with Crippen molar-refractivity contribution >= 4 is 17.5 Å². The lowest BCUT2D eigenvalue weighted by Gasteiger charge is -2.08. The maximum atomic E-state index is 12.5. The largest absolute Gasteiger partial charge is 0.490 e. The molecule has 0 amide bonds. The van der Waals surface area contributed by atoms with E-state index in [-0.39, 0.29) is 11.5 Å². The van der Waals surface area contributed by atoms with E-state index >= 15 is 0 Å². The molecule has 0 aliphatic rings. The molecule has 2 aromatic carbocycles. The zero-order valence-corrected chi connectivity index (χ0v) is 12.1. The second kappa shape index (κ2) is 7.67. The molecule has 22 heavy (non-hydrogen) atoms. The minimum absolute atomic E-state index is 0.210. The highest BCUT2D eigenvalue weighted by molar-refractivity contribution is 6.09. The summed E-state index contributed by atoms with van der Waals surface area (Å²) in [5, 5.41) is 3.48. The highest BCUT2D eigenvalue weighted by atomic mass is 16.5. The molecule has 0 bridgehead atoms. The van der Waals surface area contributed by atoms with Gasteiger partial charge in [0.15, 0.2) is 5.76 Å². The summed E-state index contributed by atoms with van der Waals surface area (Å²) < 4.78 is 5.47. The van der Waals surface area contributed by atoms with Gasteiger partial charge >= 0.3 is 0 Å². The Hall–Kier alpha value is -3.04. The first-order valence-electron chi connectivity index (χ1n) is 6.84. The summed E-state index contributed by atoms with van der Waals surface area (Å²) in [6, 6.07) is 15.9. The molecule has 0 saturated heterocycles. The molecule has 0 aliphatic heterocycles. The molecule has 0 radical (unpaired) electrons. The zero-order valence-electron chi connectivity index (χ0n) is 12.1. The third kappa shape index (κ3) is 3.98. The molecular formula is C17H15N3O2. The van der Waals surface area contributed by atoms with Crippen LogP contribution < -0.4 is 0 Å². The lowest BCUT2D eigenvalue weighted by molar-refractivity contribution is 0.0931. The molecule has 0 unspecified atom stereocenters. The summed E-state index contributed by atoms with van der Waals surface area (Å²) in [5.41, 5.74) is 10.2. The summed E-state index contributed by atoms with van der Waals surface area (Å²) in [5.74, 6) is 0.0726. The van der Waals surface area contributed by atoms with Crippen molar-refractivity contribution in [3.63, 3.8) is 0 Å². The molecule has 0 heterocycles. The van der Waals surface area contributed by atoms with Crippen molar-refractivity contribution in [3.8, 4) is 0 Å². The zero-order chi connectivity index (χ0) is 15.8. The average Bonchev–Trinajstić information content (AvgIpc) is 2.56. The van der Waals surface area contributed by atoms with Gasteiger partial charge < -0.3 is 4.74 Å². The predicted octanol–water partition coefficient (Wildman–Crippen LogP) is 4.89. The Labute approximate surface area is 128 Å². The fraction of sp³-hybridized carbons (Fsp3) is 0.118. The van der Waals surface area contributed by atoms with E-state index in [4.69, 9.17) is 10.3 Å². The maximum Gasteiger partial charge on any atom is 0.227 e. The molecule has 0 spiro atoms. The van der Waals surface area contributed by atoms with Crippen molar-refractivity contribution in [1.29, 1.82) is 0 Å². The molecular weight excluding hydrogens is 278 g/mol. The van der Waals surface area contributed by atoms with Crippen LogP contribution in [-0.2, 0) is 4.74 Å². The smallest absolute Gasteiger partial charge is 0.227 e. The van der Waals surface area contributed by atoms with Crippen molar-refractivity contribution < 1.29 is 9.53 Å². The molecule has 0 fully saturated rings. The molecule has 0 saturated carbocycles. The standard InChI is InChI=1S/C17H15N3O2/c1-2-22-16(12-13-6-4-3-5-7-13)17(21)14-8-10-15(11-9-14)19-20-18/h3-12H,2H2,1H3.